The lowest BCUT2D eigenvalue weighted by atomic mass is 10.2. The lowest BCUT2D eigenvalue weighted by molar-refractivity contribution is -0.120. The average Bonchev–Trinajstić information content (AvgIpc) is 3.09. The molecule has 1 heterocycles. The van der Waals surface area contributed by atoms with Crippen LogP contribution in [0.2, 0.25) is 0 Å². The summed E-state index contributed by atoms with van der Waals surface area (Å²) in [7, 11) is 1.56. The summed E-state index contributed by atoms with van der Waals surface area (Å²) in [6.07, 6.45) is 0. The quantitative estimate of drug-likeness (QED) is 0.612. The molecule has 27 heavy (non-hydrogen) atoms. The first-order chi connectivity index (χ1) is 13.0. The van der Waals surface area contributed by atoms with E-state index < -0.39 is 6.04 Å². The summed E-state index contributed by atoms with van der Waals surface area (Å²) in [4.78, 5) is 28.1. The Balaban J connectivity index is 1.65. The van der Waals surface area contributed by atoms with Gasteiger partial charge in [-0.1, -0.05) is 6.07 Å². The third-order valence-corrected chi connectivity index (χ3v) is 5.25. The predicted octanol–water partition coefficient (Wildman–Crippen LogP) is 2.93. The molecule has 0 saturated carbocycles. The van der Waals surface area contributed by atoms with Crippen LogP contribution < -0.4 is 16.0 Å². The van der Waals surface area contributed by atoms with Gasteiger partial charge >= 0.3 is 0 Å². The smallest absolute Gasteiger partial charge is 0.241 e. The zero-order valence-electron chi connectivity index (χ0n) is 15.5. The van der Waals surface area contributed by atoms with Crippen molar-refractivity contribution in [3.05, 3.63) is 48.0 Å². The number of hydrogen-bond donors (Lipinski definition) is 3. The van der Waals surface area contributed by atoms with Crippen LogP contribution in [0.15, 0.2) is 42.5 Å². The van der Waals surface area contributed by atoms with Gasteiger partial charge in [-0.25, -0.2) is 4.98 Å². The van der Waals surface area contributed by atoms with Gasteiger partial charge in [0.25, 0.3) is 0 Å². The first-order valence-electron chi connectivity index (χ1n) is 8.68. The van der Waals surface area contributed by atoms with Crippen molar-refractivity contribution >= 4 is 39.1 Å². The molecule has 1 atom stereocenters. The van der Waals surface area contributed by atoms with Gasteiger partial charge in [0, 0.05) is 18.3 Å². The van der Waals surface area contributed by atoms with Crippen molar-refractivity contribution in [1.29, 1.82) is 0 Å². The minimum absolute atomic E-state index is 0.0983. The van der Waals surface area contributed by atoms with E-state index in [2.05, 4.69) is 40.0 Å². The lowest BCUT2D eigenvalue weighted by Gasteiger charge is -2.13. The maximum absolute atomic E-state index is 12.2. The molecular weight excluding hydrogens is 360 g/mol. The molecule has 0 fully saturated rings. The van der Waals surface area contributed by atoms with Gasteiger partial charge in [-0.3, -0.25) is 14.9 Å². The molecule has 0 spiro atoms. The highest BCUT2D eigenvalue weighted by Gasteiger charge is 2.14. The Labute approximate surface area is 162 Å². The van der Waals surface area contributed by atoms with E-state index in [4.69, 9.17) is 0 Å². The van der Waals surface area contributed by atoms with Gasteiger partial charge in [-0.15, -0.1) is 11.3 Å². The van der Waals surface area contributed by atoms with E-state index in [0.29, 0.717) is 5.69 Å². The van der Waals surface area contributed by atoms with Crippen LogP contribution in [0.5, 0.6) is 0 Å². The van der Waals surface area contributed by atoms with Gasteiger partial charge in [-0.2, -0.15) is 0 Å². The van der Waals surface area contributed by atoms with Gasteiger partial charge in [0.15, 0.2) is 0 Å². The highest BCUT2D eigenvalue weighted by atomic mass is 32.1. The summed E-state index contributed by atoms with van der Waals surface area (Å²) >= 11 is 1.65. The molecule has 0 aliphatic carbocycles. The third-order valence-electron chi connectivity index (χ3n) is 4.18. The number of aryl methyl sites for hydroxylation is 1. The SMILES string of the molecule is CNC(=O)CN[C@H](C)C(=O)Nc1ccc(-c2nc3ccc(C)cc3s2)cc1. The topological polar surface area (TPSA) is 83.1 Å². The van der Waals surface area contributed by atoms with Crippen LogP contribution in [0, 0.1) is 6.92 Å². The van der Waals surface area contributed by atoms with Crippen LogP contribution in [-0.4, -0.2) is 36.4 Å². The maximum atomic E-state index is 12.2. The number of thiazole rings is 1. The van der Waals surface area contributed by atoms with Crippen molar-refractivity contribution in [1.82, 2.24) is 15.6 Å². The van der Waals surface area contributed by atoms with Gasteiger partial charge in [0.1, 0.15) is 5.01 Å². The third kappa shape index (κ3) is 4.69. The zero-order valence-corrected chi connectivity index (χ0v) is 16.3. The van der Waals surface area contributed by atoms with Crippen molar-refractivity contribution < 1.29 is 9.59 Å². The number of benzene rings is 2. The summed E-state index contributed by atoms with van der Waals surface area (Å²) in [5, 5.41) is 9.18. The van der Waals surface area contributed by atoms with Gasteiger partial charge in [0.05, 0.1) is 22.8 Å². The van der Waals surface area contributed by atoms with Gasteiger partial charge < -0.3 is 10.6 Å². The number of carbonyl (C=O) groups excluding carboxylic acids is 2. The van der Waals surface area contributed by atoms with Gasteiger partial charge in [-0.05, 0) is 55.8 Å². The molecule has 0 unspecified atom stereocenters. The predicted molar refractivity (Wildman–Crippen MR) is 110 cm³/mol. The Morgan fingerprint density at radius 3 is 2.59 bits per heavy atom. The van der Waals surface area contributed by atoms with Crippen LogP contribution in [0.4, 0.5) is 5.69 Å². The Kier molecular flexibility index (Phi) is 5.83. The Morgan fingerprint density at radius 1 is 1.15 bits per heavy atom. The lowest BCUT2D eigenvalue weighted by Crippen LogP contribution is -2.42. The molecular formula is C20H22N4O2S. The summed E-state index contributed by atoms with van der Waals surface area (Å²) in [5.41, 5.74) is 3.93. The first kappa shape index (κ1) is 19.0. The molecule has 2 aromatic carbocycles. The van der Waals surface area contributed by atoms with Crippen LogP contribution in [-0.2, 0) is 9.59 Å². The maximum Gasteiger partial charge on any atom is 0.241 e. The number of fused-ring (bicyclic) bond motifs is 1. The van der Waals surface area contributed by atoms with Crippen molar-refractivity contribution in [3.63, 3.8) is 0 Å². The zero-order chi connectivity index (χ0) is 19.4. The second-order valence-corrected chi connectivity index (χ2v) is 7.36. The number of rotatable bonds is 6. The monoisotopic (exact) mass is 382 g/mol. The molecule has 1 aromatic heterocycles. The van der Waals surface area contributed by atoms with Crippen LogP contribution in [0.1, 0.15) is 12.5 Å². The molecule has 3 rings (SSSR count). The van der Waals surface area contributed by atoms with Crippen molar-refractivity contribution in [3.8, 4) is 10.6 Å². The molecule has 0 saturated heterocycles. The highest BCUT2D eigenvalue weighted by molar-refractivity contribution is 7.21. The molecule has 7 heteroatoms. The minimum atomic E-state index is -0.477. The largest absolute Gasteiger partial charge is 0.358 e. The molecule has 0 bridgehead atoms. The van der Waals surface area contributed by atoms with E-state index in [9.17, 15) is 9.59 Å². The number of nitrogens with one attached hydrogen (secondary N) is 3. The first-order valence-corrected chi connectivity index (χ1v) is 9.50. The molecule has 2 amide bonds. The molecule has 0 aliphatic heterocycles. The molecule has 3 N–H and O–H groups in total. The van der Waals surface area contributed by atoms with E-state index in [-0.39, 0.29) is 18.4 Å². The number of amides is 2. The summed E-state index contributed by atoms with van der Waals surface area (Å²) in [5.74, 6) is -0.354. The van der Waals surface area contributed by atoms with Crippen LogP contribution in [0.25, 0.3) is 20.8 Å². The molecule has 0 aliphatic rings. The van der Waals surface area contributed by atoms with Crippen molar-refractivity contribution in [2.75, 3.05) is 18.9 Å². The minimum Gasteiger partial charge on any atom is -0.358 e. The standard InChI is InChI=1S/C20H22N4O2S/c1-12-4-9-16-17(10-12)27-20(24-16)14-5-7-15(8-6-14)23-19(26)13(2)22-11-18(25)21-3/h4-10,13,22H,11H2,1-3H3,(H,21,25)(H,23,26)/t13-/m1/s1. The molecule has 6 nitrogen and oxygen atoms in total. The normalized spacial score (nSPS) is 12.0. The summed E-state index contributed by atoms with van der Waals surface area (Å²) < 4.78 is 1.17. The second-order valence-electron chi connectivity index (χ2n) is 6.33. The Hall–Kier alpha value is -2.77. The van der Waals surface area contributed by atoms with E-state index in [1.807, 2.05) is 30.3 Å². The number of anilines is 1. The van der Waals surface area contributed by atoms with E-state index >= 15 is 0 Å². The summed E-state index contributed by atoms with van der Waals surface area (Å²) in [6.45, 7) is 3.89. The molecule has 0 radical (unpaired) electrons. The average molecular weight is 382 g/mol. The Morgan fingerprint density at radius 2 is 1.89 bits per heavy atom. The highest BCUT2D eigenvalue weighted by Crippen LogP contribution is 2.31. The Bertz CT molecular complexity index is 966. The van der Waals surface area contributed by atoms with E-state index in [0.717, 1.165) is 16.1 Å². The van der Waals surface area contributed by atoms with E-state index in [1.54, 1.807) is 25.3 Å². The number of carbonyl (C=O) groups is 2. The van der Waals surface area contributed by atoms with Crippen LogP contribution in [0.3, 0.4) is 0 Å². The summed E-state index contributed by atoms with van der Waals surface area (Å²) in [6, 6.07) is 13.4. The second kappa shape index (κ2) is 8.28. The fraction of sp³-hybridized carbons (Fsp3) is 0.250. The fourth-order valence-electron chi connectivity index (χ4n) is 2.53. The fourth-order valence-corrected chi connectivity index (χ4v) is 3.60. The number of likely N-dealkylation sites (N-methyl/N-ethyl adjacent to an activating group) is 1. The molecule has 140 valence electrons. The number of aromatic nitrogens is 1. The van der Waals surface area contributed by atoms with Gasteiger partial charge in [0.2, 0.25) is 11.8 Å². The van der Waals surface area contributed by atoms with Crippen LogP contribution >= 0.6 is 11.3 Å². The molecule has 3 aromatic rings. The number of hydrogen-bond acceptors (Lipinski definition) is 5. The number of nitrogens with zero attached hydrogens (tertiary/aromatic N) is 1. The van der Waals surface area contributed by atoms with E-state index in [1.165, 1.54) is 10.3 Å². The van der Waals surface area contributed by atoms with Crippen molar-refractivity contribution in [2.45, 2.75) is 19.9 Å². The van der Waals surface area contributed by atoms with Crippen molar-refractivity contribution in [2.24, 2.45) is 0 Å².